The molecule has 2 atom stereocenters. The molecule has 0 radical (unpaired) electrons. The van der Waals surface area contributed by atoms with Gasteiger partial charge >= 0.3 is 0 Å². The number of anilines is 1. The van der Waals surface area contributed by atoms with E-state index in [4.69, 9.17) is 0 Å². The maximum atomic E-state index is 3.71. The van der Waals surface area contributed by atoms with E-state index in [1.807, 2.05) is 0 Å². The molecular weight excluding hydrogens is 470 g/mol. The molecule has 194 valence electrons. The Morgan fingerprint density at radius 1 is 0.846 bits per heavy atom. The van der Waals surface area contributed by atoms with Crippen molar-refractivity contribution < 1.29 is 0 Å². The predicted molar refractivity (Wildman–Crippen MR) is 166 cm³/mol. The molecule has 1 heteroatoms. The van der Waals surface area contributed by atoms with E-state index in [1.165, 1.54) is 50.2 Å². The van der Waals surface area contributed by atoms with E-state index in [2.05, 4.69) is 135 Å². The van der Waals surface area contributed by atoms with E-state index >= 15 is 0 Å². The summed E-state index contributed by atoms with van der Waals surface area (Å²) in [5.74, 6) is 0.469. The highest BCUT2D eigenvalue weighted by molar-refractivity contribution is 5.72. The number of rotatable bonds is 4. The SMILES string of the molecule is CC1(c2ccc(NC3=CCC4C(=C3)C(C)(C)c3cc(-c5ccc6c(c5)CCC=C6)ccc34)cc2)C=CC=CC1. The molecule has 0 amide bonds. The molecule has 4 aliphatic rings. The first-order valence-corrected chi connectivity index (χ1v) is 14.5. The maximum absolute atomic E-state index is 3.71. The summed E-state index contributed by atoms with van der Waals surface area (Å²) in [6, 6.07) is 23.2. The maximum Gasteiger partial charge on any atom is 0.0384 e. The Morgan fingerprint density at radius 3 is 2.49 bits per heavy atom. The van der Waals surface area contributed by atoms with Gasteiger partial charge in [-0.1, -0.05) is 111 Å². The third-order valence-electron chi connectivity index (χ3n) is 9.52. The first-order valence-electron chi connectivity index (χ1n) is 14.5. The Morgan fingerprint density at radius 2 is 1.67 bits per heavy atom. The van der Waals surface area contributed by atoms with Crippen LogP contribution in [0.3, 0.4) is 0 Å². The van der Waals surface area contributed by atoms with Crippen LogP contribution >= 0.6 is 0 Å². The van der Waals surface area contributed by atoms with Crippen LogP contribution in [0.25, 0.3) is 17.2 Å². The lowest BCUT2D eigenvalue weighted by atomic mass is 9.77. The van der Waals surface area contributed by atoms with Gasteiger partial charge in [-0.3, -0.25) is 0 Å². The quantitative estimate of drug-likeness (QED) is 0.370. The average molecular weight is 508 g/mol. The molecule has 0 aromatic heterocycles. The van der Waals surface area contributed by atoms with Crippen LogP contribution in [0.2, 0.25) is 0 Å². The molecular formula is C38H37N. The van der Waals surface area contributed by atoms with Crippen molar-refractivity contribution in [3.8, 4) is 11.1 Å². The van der Waals surface area contributed by atoms with Gasteiger partial charge in [0.15, 0.2) is 0 Å². The third-order valence-corrected chi connectivity index (χ3v) is 9.52. The summed E-state index contributed by atoms with van der Waals surface area (Å²) < 4.78 is 0. The minimum atomic E-state index is 0.00737. The van der Waals surface area contributed by atoms with Crippen LogP contribution in [-0.4, -0.2) is 0 Å². The molecule has 0 saturated carbocycles. The van der Waals surface area contributed by atoms with E-state index in [0.29, 0.717) is 5.92 Å². The molecule has 0 fully saturated rings. The fourth-order valence-corrected chi connectivity index (χ4v) is 7.09. The highest BCUT2D eigenvalue weighted by Gasteiger charge is 2.42. The van der Waals surface area contributed by atoms with Gasteiger partial charge in [0.1, 0.15) is 0 Å². The Labute approximate surface area is 233 Å². The standard InChI is InChI=1S/C38H37N/c1-37(2)35-24-29(28-12-11-26-9-5-6-10-27(26)23-28)13-19-33(35)34-20-18-32(25-36(34)37)39-31-16-14-30(15-17-31)38(3)21-7-4-8-22-38/h4-5,7-9,11-19,21,23-25,34,39H,6,10,20,22H2,1-3H3. The normalized spacial score (nSPS) is 23.9. The Bertz CT molecular complexity index is 1600. The van der Waals surface area contributed by atoms with Gasteiger partial charge in [-0.15, -0.1) is 0 Å². The van der Waals surface area contributed by atoms with Crippen molar-refractivity contribution in [2.75, 3.05) is 5.32 Å². The highest BCUT2D eigenvalue weighted by Crippen LogP contribution is 2.54. The summed E-state index contributed by atoms with van der Waals surface area (Å²) in [4.78, 5) is 0. The summed E-state index contributed by atoms with van der Waals surface area (Å²) in [5, 5.41) is 3.71. The topological polar surface area (TPSA) is 12.0 Å². The van der Waals surface area contributed by atoms with Crippen LogP contribution in [0.15, 0.2) is 114 Å². The van der Waals surface area contributed by atoms with Crippen LogP contribution in [0.1, 0.15) is 73.8 Å². The fourth-order valence-electron chi connectivity index (χ4n) is 7.09. The van der Waals surface area contributed by atoms with Crippen molar-refractivity contribution in [2.45, 2.75) is 63.2 Å². The monoisotopic (exact) mass is 507 g/mol. The number of allylic oxidation sites excluding steroid dienone is 8. The summed E-state index contributed by atoms with van der Waals surface area (Å²) >= 11 is 0. The first kappa shape index (κ1) is 24.2. The second kappa shape index (κ2) is 9.12. The van der Waals surface area contributed by atoms with Gasteiger partial charge in [-0.25, -0.2) is 0 Å². The van der Waals surface area contributed by atoms with Crippen LogP contribution < -0.4 is 5.32 Å². The molecule has 39 heavy (non-hydrogen) atoms. The Kier molecular flexibility index (Phi) is 5.67. The van der Waals surface area contributed by atoms with Crippen molar-refractivity contribution >= 4 is 11.8 Å². The summed E-state index contributed by atoms with van der Waals surface area (Å²) in [5.41, 5.74) is 13.8. The van der Waals surface area contributed by atoms with Gasteiger partial charge in [0, 0.05) is 28.1 Å². The van der Waals surface area contributed by atoms with E-state index in [-0.39, 0.29) is 10.8 Å². The van der Waals surface area contributed by atoms with E-state index < -0.39 is 0 Å². The average Bonchev–Trinajstić information content (AvgIpc) is 3.19. The molecule has 3 aromatic rings. The van der Waals surface area contributed by atoms with Crippen LogP contribution in [0.5, 0.6) is 0 Å². The summed E-state index contributed by atoms with van der Waals surface area (Å²) in [6.45, 7) is 7.13. The third kappa shape index (κ3) is 4.16. The van der Waals surface area contributed by atoms with Crippen LogP contribution in [-0.2, 0) is 17.3 Å². The molecule has 4 aliphatic carbocycles. The molecule has 0 spiro atoms. The molecule has 3 aromatic carbocycles. The lowest BCUT2D eigenvalue weighted by molar-refractivity contribution is 0.600. The highest BCUT2D eigenvalue weighted by atomic mass is 14.9. The molecule has 0 aliphatic heterocycles. The lowest BCUT2D eigenvalue weighted by Gasteiger charge is -2.28. The molecule has 0 bridgehead atoms. The molecule has 1 N–H and O–H groups in total. The number of benzene rings is 3. The fraction of sp³-hybridized carbons (Fsp3) is 0.263. The molecule has 1 nitrogen and oxygen atoms in total. The Balaban J connectivity index is 1.14. The lowest BCUT2D eigenvalue weighted by Crippen LogP contribution is -2.19. The minimum absolute atomic E-state index is 0.00737. The Hall–Kier alpha value is -3.84. The molecule has 0 heterocycles. The number of aryl methyl sites for hydroxylation is 1. The minimum Gasteiger partial charge on any atom is -0.356 e. The van der Waals surface area contributed by atoms with Gasteiger partial charge in [0.2, 0.25) is 0 Å². The first-order chi connectivity index (χ1) is 18.9. The second-order valence-electron chi connectivity index (χ2n) is 12.4. The van der Waals surface area contributed by atoms with Gasteiger partial charge in [0.25, 0.3) is 0 Å². The van der Waals surface area contributed by atoms with Crippen molar-refractivity contribution in [3.63, 3.8) is 0 Å². The number of hydrogen-bond donors (Lipinski definition) is 1. The summed E-state index contributed by atoms with van der Waals surface area (Å²) in [7, 11) is 0. The second-order valence-corrected chi connectivity index (χ2v) is 12.4. The van der Waals surface area contributed by atoms with Gasteiger partial charge in [-0.05, 0) is 88.9 Å². The van der Waals surface area contributed by atoms with Crippen LogP contribution in [0, 0.1) is 0 Å². The van der Waals surface area contributed by atoms with Gasteiger partial charge < -0.3 is 5.32 Å². The van der Waals surface area contributed by atoms with Crippen molar-refractivity contribution in [3.05, 3.63) is 142 Å². The zero-order chi connectivity index (χ0) is 26.6. The van der Waals surface area contributed by atoms with Crippen molar-refractivity contribution in [2.24, 2.45) is 0 Å². The zero-order valence-corrected chi connectivity index (χ0v) is 23.3. The van der Waals surface area contributed by atoms with Crippen LogP contribution in [0.4, 0.5) is 5.69 Å². The molecule has 7 rings (SSSR count). The zero-order valence-electron chi connectivity index (χ0n) is 23.3. The molecule has 0 saturated heterocycles. The van der Waals surface area contributed by atoms with Gasteiger partial charge in [0.05, 0.1) is 0 Å². The number of nitrogens with one attached hydrogen (secondary N) is 1. The van der Waals surface area contributed by atoms with E-state index in [0.717, 1.165) is 31.4 Å². The summed E-state index contributed by atoms with van der Waals surface area (Å²) in [6.07, 6.45) is 22.6. The van der Waals surface area contributed by atoms with Gasteiger partial charge in [-0.2, -0.15) is 0 Å². The smallest absolute Gasteiger partial charge is 0.0384 e. The van der Waals surface area contributed by atoms with E-state index in [1.54, 1.807) is 0 Å². The number of hydrogen-bond acceptors (Lipinski definition) is 1. The van der Waals surface area contributed by atoms with Crippen molar-refractivity contribution in [1.82, 2.24) is 0 Å². The molecule has 2 unspecified atom stereocenters. The number of fused-ring (bicyclic) bond motifs is 4. The predicted octanol–water partition coefficient (Wildman–Crippen LogP) is 9.79. The largest absolute Gasteiger partial charge is 0.356 e. The van der Waals surface area contributed by atoms with E-state index in [9.17, 15) is 0 Å². The van der Waals surface area contributed by atoms with Crippen molar-refractivity contribution in [1.29, 1.82) is 0 Å².